The van der Waals surface area contributed by atoms with Gasteiger partial charge >= 0.3 is 12.2 Å². The van der Waals surface area contributed by atoms with Gasteiger partial charge in [0.25, 0.3) is 0 Å². The zero-order valence-corrected chi connectivity index (χ0v) is 27.7. The first-order chi connectivity index (χ1) is 20.4. The van der Waals surface area contributed by atoms with Gasteiger partial charge in [0.1, 0.15) is 17.0 Å². The zero-order chi connectivity index (χ0) is 33.2. The minimum absolute atomic E-state index is 0.0754. The summed E-state index contributed by atoms with van der Waals surface area (Å²) in [5, 5.41) is 5.90. The molecule has 10 nitrogen and oxygen atoms in total. The standard InChI is InChI=1S/C34H47N5O5/c1-22(2)39(29(40)17-19-37-31(41)43-33(5,6)7)28-21-23(3)26(20-24(28)4)12-11-18-36-27-15-13-25(14-16-27)30(35)38-32(42)44-34(8,9)10/h13-16,20-22,36H,17-19H2,1-10H3,(H,37,41)(H2,35,38,42). The number of nitrogens with two attached hydrogens (primary N) is 1. The van der Waals surface area contributed by atoms with Gasteiger partial charge < -0.3 is 30.7 Å². The minimum atomic E-state index is -0.734. The van der Waals surface area contributed by atoms with Crippen LogP contribution in [0.4, 0.5) is 21.0 Å². The van der Waals surface area contributed by atoms with Crippen LogP contribution in [0, 0.1) is 25.7 Å². The number of ether oxygens (including phenoxy) is 2. The lowest BCUT2D eigenvalue weighted by atomic mass is 10.0. The Morgan fingerprint density at radius 2 is 1.57 bits per heavy atom. The highest BCUT2D eigenvalue weighted by Gasteiger charge is 2.22. The number of amidine groups is 1. The second-order valence-corrected chi connectivity index (χ2v) is 12.7. The predicted octanol–water partition coefficient (Wildman–Crippen LogP) is 6.06. The molecule has 2 rings (SSSR count). The fraction of sp³-hybridized carbons (Fsp3) is 0.471. The van der Waals surface area contributed by atoms with Gasteiger partial charge in [0.2, 0.25) is 5.91 Å². The van der Waals surface area contributed by atoms with Crippen LogP contribution >= 0.6 is 0 Å². The highest BCUT2D eigenvalue weighted by molar-refractivity contribution is 6.03. The van der Waals surface area contributed by atoms with Gasteiger partial charge in [0.05, 0.1) is 6.54 Å². The number of carbonyl (C=O) groups is 3. The quantitative estimate of drug-likeness (QED) is 0.189. The van der Waals surface area contributed by atoms with Gasteiger partial charge in [0.15, 0.2) is 0 Å². The molecule has 0 radical (unpaired) electrons. The third-order valence-corrected chi connectivity index (χ3v) is 5.98. The third kappa shape index (κ3) is 12.0. The molecule has 0 heterocycles. The van der Waals surface area contributed by atoms with E-state index < -0.39 is 23.4 Å². The molecule has 4 N–H and O–H groups in total. The summed E-state index contributed by atoms with van der Waals surface area (Å²) >= 11 is 0. The summed E-state index contributed by atoms with van der Waals surface area (Å²) in [7, 11) is 0. The lowest BCUT2D eigenvalue weighted by Crippen LogP contribution is -2.40. The highest BCUT2D eigenvalue weighted by atomic mass is 16.6. The van der Waals surface area contributed by atoms with Crippen LogP contribution in [0.2, 0.25) is 0 Å². The maximum absolute atomic E-state index is 13.2. The number of aryl methyl sites for hydroxylation is 2. The molecular formula is C34H47N5O5. The van der Waals surface area contributed by atoms with Crippen molar-refractivity contribution in [2.75, 3.05) is 23.3 Å². The number of alkyl carbamates (subject to hydrolysis) is 1. The molecule has 238 valence electrons. The van der Waals surface area contributed by atoms with E-state index in [2.05, 4.69) is 27.5 Å². The Balaban J connectivity index is 2.03. The second kappa shape index (κ2) is 15.3. The van der Waals surface area contributed by atoms with Gasteiger partial charge in [-0.15, -0.1) is 0 Å². The van der Waals surface area contributed by atoms with Crippen LogP contribution < -0.4 is 21.3 Å². The van der Waals surface area contributed by atoms with Gasteiger partial charge in [-0.1, -0.05) is 11.8 Å². The van der Waals surface area contributed by atoms with Crippen LogP contribution in [-0.4, -0.2) is 54.3 Å². The Morgan fingerprint density at radius 1 is 0.955 bits per heavy atom. The van der Waals surface area contributed by atoms with E-state index in [1.165, 1.54) is 0 Å². The third-order valence-electron chi connectivity index (χ3n) is 5.98. The molecule has 0 aliphatic rings. The summed E-state index contributed by atoms with van der Waals surface area (Å²) in [6, 6.07) is 11.1. The lowest BCUT2D eigenvalue weighted by molar-refractivity contribution is -0.118. The van der Waals surface area contributed by atoms with Crippen LogP contribution in [0.1, 0.15) is 84.1 Å². The molecule has 0 aromatic heterocycles. The van der Waals surface area contributed by atoms with Crippen LogP contribution in [0.25, 0.3) is 0 Å². The van der Waals surface area contributed by atoms with Crippen LogP contribution in [0.15, 0.2) is 41.4 Å². The van der Waals surface area contributed by atoms with E-state index in [9.17, 15) is 14.4 Å². The van der Waals surface area contributed by atoms with Crippen LogP contribution in [-0.2, 0) is 14.3 Å². The minimum Gasteiger partial charge on any atom is -0.444 e. The molecule has 44 heavy (non-hydrogen) atoms. The molecule has 3 amide bonds. The lowest BCUT2D eigenvalue weighted by Gasteiger charge is -2.29. The molecule has 10 heteroatoms. The molecule has 0 saturated carbocycles. The normalized spacial score (nSPS) is 11.8. The maximum atomic E-state index is 13.2. The van der Waals surface area contributed by atoms with Crippen molar-refractivity contribution in [1.29, 1.82) is 0 Å². The fourth-order valence-electron chi connectivity index (χ4n) is 4.09. The second-order valence-electron chi connectivity index (χ2n) is 12.7. The number of nitrogens with zero attached hydrogens (tertiary/aromatic N) is 2. The number of aliphatic imine (C=N–C) groups is 1. The highest BCUT2D eigenvalue weighted by Crippen LogP contribution is 2.27. The van der Waals surface area contributed by atoms with Crippen molar-refractivity contribution >= 4 is 35.3 Å². The number of carbonyl (C=O) groups excluding carboxylic acids is 3. The average molecular weight is 606 g/mol. The summed E-state index contributed by atoms with van der Waals surface area (Å²) < 4.78 is 10.4. The molecule has 0 unspecified atom stereocenters. The average Bonchev–Trinajstić information content (AvgIpc) is 2.87. The number of rotatable bonds is 8. The summed E-state index contributed by atoms with van der Waals surface area (Å²) in [4.78, 5) is 42.6. The number of benzene rings is 2. The summed E-state index contributed by atoms with van der Waals surface area (Å²) in [5.74, 6) is 6.35. The van der Waals surface area contributed by atoms with Crippen molar-refractivity contribution in [3.8, 4) is 11.8 Å². The topological polar surface area (TPSA) is 135 Å². The Labute approximate surface area is 261 Å². The van der Waals surface area contributed by atoms with Gasteiger partial charge in [-0.2, -0.15) is 4.99 Å². The van der Waals surface area contributed by atoms with Crippen molar-refractivity contribution < 1.29 is 23.9 Å². The van der Waals surface area contributed by atoms with E-state index in [1.807, 2.05) is 52.0 Å². The number of nitrogens with one attached hydrogen (secondary N) is 2. The number of hydrogen-bond donors (Lipinski definition) is 3. The first kappa shape index (κ1) is 35.7. The predicted molar refractivity (Wildman–Crippen MR) is 176 cm³/mol. The van der Waals surface area contributed by atoms with E-state index in [0.29, 0.717) is 12.1 Å². The van der Waals surface area contributed by atoms with Crippen LogP contribution in [0.3, 0.4) is 0 Å². The number of amides is 3. The van der Waals surface area contributed by atoms with Crippen molar-refractivity contribution in [2.45, 2.75) is 92.9 Å². The smallest absolute Gasteiger partial charge is 0.436 e. The number of hydrogen-bond acceptors (Lipinski definition) is 6. The van der Waals surface area contributed by atoms with E-state index in [4.69, 9.17) is 15.2 Å². The van der Waals surface area contributed by atoms with Crippen molar-refractivity contribution in [3.05, 3.63) is 58.7 Å². The summed E-state index contributed by atoms with van der Waals surface area (Å²) in [5.41, 5.74) is 9.71. The van der Waals surface area contributed by atoms with Crippen LogP contribution in [0.5, 0.6) is 0 Å². The monoisotopic (exact) mass is 605 g/mol. The molecule has 0 bridgehead atoms. The molecule has 0 aliphatic heterocycles. The molecular weight excluding hydrogens is 558 g/mol. The number of anilines is 2. The van der Waals surface area contributed by atoms with Crippen molar-refractivity contribution in [2.24, 2.45) is 10.7 Å². The van der Waals surface area contributed by atoms with Gasteiger partial charge in [0, 0.05) is 41.5 Å². The van der Waals surface area contributed by atoms with Crippen molar-refractivity contribution in [3.63, 3.8) is 0 Å². The van der Waals surface area contributed by atoms with E-state index in [0.717, 1.165) is 28.1 Å². The Hall–Kier alpha value is -4.52. The molecule has 0 spiro atoms. The van der Waals surface area contributed by atoms with E-state index in [1.54, 1.807) is 58.6 Å². The van der Waals surface area contributed by atoms with E-state index in [-0.39, 0.29) is 30.8 Å². The van der Waals surface area contributed by atoms with Gasteiger partial charge in [-0.05, 0) is 117 Å². The van der Waals surface area contributed by atoms with Gasteiger partial charge in [-0.25, -0.2) is 9.59 Å². The largest absolute Gasteiger partial charge is 0.444 e. The van der Waals surface area contributed by atoms with E-state index >= 15 is 0 Å². The Bertz CT molecular complexity index is 1420. The molecule has 0 aliphatic carbocycles. The molecule has 2 aromatic rings. The molecule has 0 atom stereocenters. The van der Waals surface area contributed by atoms with Gasteiger partial charge in [-0.3, -0.25) is 4.79 Å². The Kier molecular flexibility index (Phi) is 12.4. The zero-order valence-electron chi connectivity index (χ0n) is 27.7. The SMILES string of the molecule is Cc1cc(N(C(=O)CCNC(=O)OC(C)(C)C)C(C)C)c(C)cc1C#CCNc1ccc(/C(N)=N\C(=O)OC(C)(C)C)cc1. The fourth-order valence-corrected chi connectivity index (χ4v) is 4.09. The Morgan fingerprint density at radius 3 is 2.14 bits per heavy atom. The summed E-state index contributed by atoms with van der Waals surface area (Å²) in [6.07, 6.45) is -1.13. The molecule has 0 fully saturated rings. The first-order valence-electron chi connectivity index (χ1n) is 14.7. The first-order valence-corrected chi connectivity index (χ1v) is 14.7. The maximum Gasteiger partial charge on any atom is 0.436 e. The van der Waals surface area contributed by atoms with Crippen molar-refractivity contribution in [1.82, 2.24) is 5.32 Å². The molecule has 2 aromatic carbocycles. The molecule has 0 saturated heterocycles. The summed E-state index contributed by atoms with van der Waals surface area (Å²) in [6.45, 7) is 19.1.